The molecule has 102 valence electrons. The van der Waals surface area contributed by atoms with Crippen molar-refractivity contribution < 1.29 is 4.52 Å². The monoisotopic (exact) mass is 268 g/mol. The van der Waals surface area contributed by atoms with Gasteiger partial charge >= 0.3 is 0 Å². The van der Waals surface area contributed by atoms with Gasteiger partial charge in [-0.3, -0.25) is 0 Å². The van der Waals surface area contributed by atoms with Crippen LogP contribution in [-0.2, 0) is 7.05 Å². The summed E-state index contributed by atoms with van der Waals surface area (Å²) < 4.78 is 7.28. The lowest BCUT2D eigenvalue weighted by Gasteiger charge is -2.17. The van der Waals surface area contributed by atoms with Crippen molar-refractivity contribution in [3.63, 3.8) is 0 Å². The smallest absolute Gasteiger partial charge is 0.274 e. The van der Waals surface area contributed by atoms with Crippen LogP contribution in [0.3, 0.4) is 0 Å². The van der Waals surface area contributed by atoms with E-state index in [9.17, 15) is 0 Å². The molecule has 3 atom stereocenters. The molecule has 5 nitrogen and oxygen atoms in total. The van der Waals surface area contributed by atoms with E-state index in [4.69, 9.17) is 9.78 Å². The van der Waals surface area contributed by atoms with Crippen LogP contribution in [-0.4, -0.2) is 14.7 Å². The molecule has 0 amide bonds. The maximum absolute atomic E-state index is 8.94. The second-order valence-corrected chi connectivity index (χ2v) is 6.08. The minimum Gasteiger partial charge on any atom is -0.345 e. The Morgan fingerprint density at radius 3 is 2.95 bits per heavy atom. The first-order chi connectivity index (χ1) is 9.74. The molecule has 2 aromatic heterocycles. The average molecular weight is 268 g/mol. The highest BCUT2D eigenvalue weighted by atomic mass is 16.5. The van der Waals surface area contributed by atoms with Gasteiger partial charge in [0.05, 0.1) is 5.56 Å². The van der Waals surface area contributed by atoms with Crippen molar-refractivity contribution in [3.05, 3.63) is 23.7 Å². The van der Waals surface area contributed by atoms with Crippen molar-refractivity contribution in [1.82, 2.24) is 14.7 Å². The van der Waals surface area contributed by atoms with Gasteiger partial charge < -0.3 is 9.09 Å². The standard InChI is InChI=1S/C15H16N4O/c1-19-8-10(7-16)6-13(19)15-17-14(18-20-15)12-5-9-2-3-11(12)4-9/h6,8-9,11-12H,2-5H2,1H3. The summed E-state index contributed by atoms with van der Waals surface area (Å²) >= 11 is 0. The van der Waals surface area contributed by atoms with Crippen LogP contribution in [0.4, 0.5) is 0 Å². The van der Waals surface area contributed by atoms with Crippen molar-refractivity contribution >= 4 is 0 Å². The molecule has 2 fully saturated rings. The molecule has 5 heteroatoms. The van der Waals surface area contributed by atoms with E-state index in [2.05, 4.69) is 16.2 Å². The van der Waals surface area contributed by atoms with Crippen LogP contribution in [0.2, 0.25) is 0 Å². The topological polar surface area (TPSA) is 67.6 Å². The van der Waals surface area contributed by atoms with Gasteiger partial charge in [0, 0.05) is 19.2 Å². The first-order valence-corrected chi connectivity index (χ1v) is 7.15. The van der Waals surface area contributed by atoms with Crippen molar-refractivity contribution in [1.29, 1.82) is 5.26 Å². The number of nitrogens with zero attached hydrogens (tertiary/aromatic N) is 4. The minimum absolute atomic E-state index is 0.474. The van der Waals surface area contributed by atoms with Crippen molar-refractivity contribution in [2.45, 2.75) is 31.6 Å². The summed E-state index contributed by atoms with van der Waals surface area (Å²) in [5.74, 6) is 3.46. The van der Waals surface area contributed by atoms with E-state index in [1.807, 2.05) is 11.6 Å². The minimum atomic E-state index is 0.474. The van der Waals surface area contributed by atoms with Gasteiger partial charge in [-0.1, -0.05) is 11.6 Å². The Labute approximate surface area is 117 Å². The summed E-state index contributed by atoms with van der Waals surface area (Å²) in [5.41, 5.74) is 1.42. The lowest BCUT2D eigenvalue weighted by atomic mass is 9.88. The third kappa shape index (κ3) is 1.68. The quantitative estimate of drug-likeness (QED) is 0.839. The van der Waals surface area contributed by atoms with E-state index in [1.54, 1.807) is 12.3 Å². The molecule has 2 bridgehead atoms. The largest absolute Gasteiger partial charge is 0.345 e. The molecule has 2 aromatic rings. The van der Waals surface area contributed by atoms with E-state index in [-0.39, 0.29) is 0 Å². The second kappa shape index (κ2) is 4.20. The van der Waals surface area contributed by atoms with Crippen LogP contribution < -0.4 is 0 Å². The zero-order valence-electron chi connectivity index (χ0n) is 11.4. The summed E-state index contributed by atoms with van der Waals surface area (Å²) in [4.78, 5) is 4.58. The number of rotatable bonds is 2. The van der Waals surface area contributed by atoms with Gasteiger partial charge in [0.1, 0.15) is 11.8 Å². The predicted octanol–water partition coefficient (Wildman–Crippen LogP) is 2.85. The summed E-state index contributed by atoms with van der Waals surface area (Å²) in [6.07, 6.45) is 6.99. The highest BCUT2D eigenvalue weighted by molar-refractivity contribution is 5.52. The van der Waals surface area contributed by atoms with Gasteiger partial charge in [-0.05, 0) is 37.2 Å². The average Bonchev–Trinajstić information content (AvgIpc) is 3.21. The third-order valence-corrected chi connectivity index (χ3v) is 4.86. The number of hydrogen-bond acceptors (Lipinski definition) is 4. The zero-order chi connectivity index (χ0) is 13.7. The SMILES string of the molecule is Cn1cc(C#N)cc1-c1nc(C2CC3CCC2C3)no1. The summed E-state index contributed by atoms with van der Waals surface area (Å²) in [6.45, 7) is 0. The van der Waals surface area contributed by atoms with E-state index in [0.29, 0.717) is 17.4 Å². The van der Waals surface area contributed by atoms with E-state index >= 15 is 0 Å². The molecule has 0 spiro atoms. The maximum atomic E-state index is 8.94. The van der Waals surface area contributed by atoms with Gasteiger partial charge in [0.15, 0.2) is 5.82 Å². The summed E-state index contributed by atoms with van der Waals surface area (Å²) in [5, 5.41) is 13.1. The molecule has 2 heterocycles. The lowest BCUT2D eigenvalue weighted by molar-refractivity contribution is 0.372. The molecule has 4 rings (SSSR count). The Balaban J connectivity index is 1.65. The Hall–Kier alpha value is -2.09. The first kappa shape index (κ1) is 11.7. The normalized spacial score (nSPS) is 27.9. The fourth-order valence-electron chi connectivity index (χ4n) is 3.89. The van der Waals surface area contributed by atoms with Crippen LogP contribution >= 0.6 is 0 Å². The molecule has 0 N–H and O–H groups in total. The molecule has 2 aliphatic rings. The fourth-order valence-corrected chi connectivity index (χ4v) is 3.89. The maximum Gasteiger partial charge on any atom is 0.274 e. The molecule has 0 radical (unpaired) electrons. The van der Waals surface area contributed by atoms with Gasteiger partial charge in [-0.25, -0.2) is 0 Å². The van der Waals surface area contributed by atoms with Gasteiger partial charge in [-0.15, -0.1) is 0 Å². The number of hydrogen-bond donors (Lipinski definition) is 0. The molecule has 20 heavy (non-hydrogen) atoms. The number of aryl methyl sites for hydroxylation is 1. The van der Waals surface area contributed by atoms with Crippen LogP contribution in [0.25, 0.3) is 11.6 Å². The number of aromatic nitrogens is 3. The molecule has 2 aliphatic carbocycles. The molecule has 0 saturated heterocycles. The highest BCUT2D eigenvalue weighted by Gasteiger charge is 2.42. The fraction of sp³-hybridized carbons (Fsp3) is 0.533. The van der Waals surface area contributed by atoms with Crippen molar-refractivity contribution in [2.75, 3.05) is 0 Å². The molecule has 0 aliphatic heterocycles. The van der Waals surface area contributed by atoms with Gasteiger partial charge in [-0.2, -0.15) is 10.2 Å². The lowest BCUT2D eigenvalue weighted by Crippen LogP contribution is -2.09. The van der Waals surface area contributed by atoms with Gasteiger partial charge in [0.25, 0.3) is 5.89 Å². The molecule has 0 aromatic carbocycles. The van der Waals surface area contributed by atoms with Crippen LogP contribution in [0, 0.1) is 23.2 Å². The molecular weight excluding hydrogens is 252 g/mol. The van der Waals surface area contributed by atoms with E-state index in [0.717, 1.165) is 23.4 Å². The van der Waals surface area contributed by atoms with Crippen molar-refractivity contribution in [2.24, 2.45) is 18.9 Å². The predicted molar refractivity (Wildman–Crippen MR) is 71.6 cm³/mol. The Kier molecular flexibility index (Phi) is 2.46. The third-order valence-electron chi connectivity index (χ3n) is 4.86. The van der Waals surface area contributed by atoms with Crippen molar-refractivity contribution in [3.8, 4) is 17.7 Å². The molecular formula is C15H16N4O. The summed E-state index contributed by atoms with van der Waals surface area (Å²) in [6, 6.07) is 3.92. The Bertz CT molecular complexity index is 693. The molecule has 2 saturated carbocycles. The number of fused-ring (bicyclic) bond motifs is 2. The van der Waals surface area contributed by atoms with E-state index < -0.39 is 0 Å². The Morgan fingerprint density at radius 1 is 1.40 bits per heavy atom. The molecule has 3 unspecified atom stereocenters. The first-order valence-electron chi connectivity index (χ1n) is 7.15. The van der Waals surface area contributed by atoms with Gasteiger partial charge in [0.2, 0.25) is 0 Å². The van der Waals surface area contributed by atoms with Crippen LogP contribution in [0.15, 0.2) is 16.8 Å². The highest BCUT2D eigenvalue weighted by Crippen LogP contribution is 2.52. The summed E-state index contributed by atoms with van der Waals surface area (Å²) in [7, 11) is 1.89. The van der Waals surface area contributed by atoms with Crippen LogP contribution in [0.5, 0.6) is 0 Å². The van der Waals surface area contributed by atoms with E-state index in [1.165, 1.54) is 25.7 Å². The number of nitriles is 1. The second-order valence-electron chi connectivity index (χ2n) is 6.08. The van der Waals surface area contributed by atoms with Crippen LogP contribution in [0.1, 0.15) is 43.0 Å². The Morgan fingerprint density at radius 2 is 2.30 bits per heavy atom. The zero-order valence-corrected chi connectivity index (χ0v) is 11.4.